The van der Waals surface area contributed by atoms with Crippen molar-refractivity contribution in [2.75, 3.05) is 26.3 Å². The zero-order valence-electron chi connectivity index (χ0n) is 12.1. The molecule has 0 spiro atoms. The second-order valence-corrected chi connectivity index (χ2v) is 6.95. The molecule has 2 N–H and O–H groups in total. The molecule has 1 aliphatic heterocycles. The normalized spacial score (nSPS) is 28.0. The van der Waals surface area contributed by atoms with Gasteiger partial charge in [0.15, 0.2) is 12.2 Å². The Bertz CT molecular complexity index is 395. The van der Waals surface area contributed by atoms with E-state index in [0.29, 0.717) is 0 Å². The fourth-order valence-electron chi connectivity index (χ4n) is 1.64. The highest BCUT2D eigenvalue weighted by molar-refractivity contribution is 7.55. The molecule has 8 nitrogen and oxygen atoms in total. The summed E-state index contributed by atoms with van der Waals surface area (Å²) >= 11 is 5.39. The predicted molar refractivity (Wildman–Crippen MR) is 75.2 cm³/mol. The van der Waals surface area contributed by atoms with Crippen molar-refractivity contribution in [3.8, 4) is 0 Å². The smallest absolute Gasteiger partial charge is 0.469 e. The molecule has 0 saturated carbocycles. The number of carbonyl (C=O) groups is 2. The minimum atomic E-state index is -3.59. The third-order valence-electron chi connectivity index (χ3n) is 2.85. The van der Waals surface area contributed by atoms with Crippen LogP contribution < -0.4 is 5.32 Å². The lowest BCUT2D eigenvalue weighted by molar-refractivity contribution is -0.144. The van der Waals surface area contributed by atoms with Crippen LogP contribution in [0.3, 0.4) is 0 Å². The van der Waals surface area contributed by atoms with Crippen molar-refractivity contribution >= 4 is 31.6 Å². The molecule has 122 valence electrons. The predicted octanol–water partition coefficient (Wildman–Crippen LogP) is 0.990. The first-order chi connectivity index (χ1) is 9.74. The summed E-state index contributed by atoms with van der Waals surface area (Å²) in [5, 5.41) is 2.55. The second-order valence-electron chi connectivity index (χ2n) is 5.07. The summed E-state index contributed by atoms with van der Waals surface area (Å²) in [6.45, 7) is 3.68. The van der Waals surface area contributed by atoms with Gasteiger partial charge in [-0.3, -0.25) is 9.59 Å². The third kappa shape index (κ3) is 5.32. The zero-order chi connectivity index (χ0) is 16.1. The molecule has 10 heteroatoms. The van der Waals surface area contributed by atoms with Gasteiger partial charge in [-0.25, -0.2) is 0 Å². The average molecular weight is 345 g/mol. The van der Waals surface area contributed by atoms with Gasteiger partial charge < -0.3 is 10.1 Å². The summed E-state index contributed by atoms with van der Waals surface area (Å²) in [7, 11) is -2.33. The highest BCUT2D eigenvalue weighted by atomic mass is 35.5. The molecule has 0 aromatic carbocycles. The van der Waals surface area contributed by atoms with Gasteiger partial charge >= 0.3 is 14.1 Å². The number of nitrogens with one attached hydrogen (secondary N) is 1. The van der Waals surface area contributed by atoms with E-state index in [4.69, 9.17) is 25.2 Å². The maximum Gasteiger partial charge on any atom is 0.574 e. The number of alkyl halides is 1. The second kappa shape index (κ2) is 7.67. The lowest BCUT2D eigenvalue weighted by Crippen LogP contribution is -2.50. The van der Waals surface area contributed by atoms with E-state index in [0.717, 1.165) is 0 Å². The third-order valence-corrected chi connectivity index (χ3v) is 4.50. The fraction of sp³-hybridized carbons (Fsp3) is 0.818. The summed E-state index contributed by atoms with van der Waals surface area (Å²) in [4.78, 5) is 33.1. The minimum Gasteiger partial charge on any atom is -0.469 e. The highest BCUT2D eigenvalue weighted by Gasteiger charge is 2.59. The molecule has 0 radical (unpaired) electrons. The van der Waals surface area contributed by atoms with Crippen LogP contribution in [0, 0.1) is 5.41 Å². The van der Waals surface area contributed by atoms with Gasteiger partial charge in [-0.1, -0.05) is 25.4 Å². The lowest BCUT2D eigenvalue weighted by Gasteiger charge is -2.36. The molecule has 1 amide bonds. The Balaban J connectivity index is 2.63. The van der Waals surface area contributed by atoms with Gasteiger partial charge in [0.25, 0.3) is 5.91 Å². The summed E-state index contributed by atoms with van der Waals surface area (Å²) in [6.07, 6.45) is -0.936. The van der Waals surface area contributed by atoms with Crippen molar-refractivity contribution in [3.05, 3.63) is 0 Å². The van der Waals surface area contributed by atoms with Gasteiger partial charge in [0.2, 0.25) is 0 Å². The summed E-state index contributed by atoms with van der Waals surface area (Å²) < 4.78 is 19.7. The quantitative estimate of drug-likeness (QED) is 0.420. The van der Waals surface area contributed by atoms with Crippen LogP contribution in [-0.2, 0) is 27.9 Å². The van der Waals surface area contributed by atoms with Crippen molar-refractivity contribution < 1.29 is 32.8 Å². The van der Waals surface area contributed by atoms with Gasteiger partial charge in [-0.05, 0) is 0 Å². The molecule has 1 rings (SSSR count). The minimum absolute atomic E-state index is 0.0451. The molecule has 1 aliphatic rings. The number of esters is 1. The SMILES string of the molecule is COC(=O)CCNC(=O)[C@@H]1O[P+](O)(OCCl)OCC1(C)C. The van der Waals surface area contributed by atoms with E-state index in [9.17, 15) is 14.5 Å². The van der Waals surface area contributed by atoms with Gasteiger partial charge in [-0.2, -0.15) is 9.42 Å². The van der Waals surface area contributed by atoms with Crippen LogP contribution in [0.25, 0.3) is 0 Å². The number of methoxy groups -OCH3 is 1. The van der Waals surface area contributed by atoms with E-state index < -0.39 is 31.6 Å². The molecule has 1 unspecified atom stereocenters. The molecule has 2 atom stereocenters. The van der Waals surface area contributed by atoms with Crippen molar-refractivity contribution in [1.29, 1.82) is 0 Å². The zero-order valence-corrected chi connectivity index (χ0v) is 13.8. The van der Waals surface area contributed by atoms with Crippen LogP contribution in [0.5, 0.6) is 0 Å². The Morgan fingerprint density at radius 2 is 2.19 bits per heavy atom. The van der Waals surface area contributed by atoms with Crippen molar-refractivity contribution in [2.24, 2.45) is 5.41 Å². The lowest BCUT2D eigenvalue weighted by atomic mass is 9.87. The van der Waals surface area contributed by atoms with E-state index in [2.05, 4.69) is 10.1 Å². The largest absolute Gasteiger partial charge is 0.574 e. The molecular weight excluding hydrogens is 325 g/mol. The van der Waals surface area contributed by atoms with E-state index in [1.807, 2.05) is 0 Å². The number of hydrogen-bond donors (Lipinski definition) is 2. The van der Waals surface area contributed by atoms with Crippen LogP contribution >= 0.6 is 19.8 Å². The number of carbonyl (C=O) groups excluding carboxylic acids is 2. The monoisotopic (exact) mass is 344 g/mol. The van der Waals surface area contributed by atoms with Crippen LogP contribution in [-0.4, -0.2) is 49.2 Å². The van der Waals surface area contributed by atoms with Crippen LogP contribution in [0.1, 0.15) is 20.3 Å². The standard InChI is InChI=1S/C11H19ClNO7P/c1-11(2)6-18-21(16,19-7-12)20-9(11)10(15)13-5-4-8(14)17-3/h9,16H,4-7H2,1-3H3/p+1/t9-,21?/m0/s1. The molecule has 0 aromatic rings. The Kier molecular flexibility index (Phi) is 6.77. The molecule has 1 fully saturated rings. The number of ether oxygens (including phenoxy) is 1. The number of hydrogen-bond acceptors (Lipinski definition) is 7. The molecule has 0 aliphatic carbocycles. The van der Waals surface area contributed by atoms with Gasteiger partial charge in [-0.15, -0.1) is 9.05 Å². The van der Waals surface area contributed by atoms with E-state index in [1.54, 1.807) is 13.8 Å². The summed E-state index contributed by atoms with van der Waals surface area (Å²) in [5.74, 6) is -0.902. The first-order valence-electron chi connectivity index (χ1n) is 6.24. The van der Waals surface area contributed by atoms with Gasteiger partial charge in [0.1, 0.15) is 6.61 Å². The van der Waals surface area contributed by atoms with Crippen LogP contribution in [0.15, 0.2) is 0 Å². The fourth-order valence-corrected chi connectivity index (χ4v) is 3.48. The van der Waals surface area contributed by atoms with Crippen molar-refractivity contribution in [1.82, 2.24) is 5.32 Å². The summed E-state index contributed by atoms with van der Waals surface area (Å²) in [5.41, 5.74) is -0.669. The highest BCUT2D eigenvalue weighted by Crippen LogP contribution is 2.64. The van der Waals surface area contributed by atoms with E-state index >= 15 is 0 Å². The maximum absolute atomic E-state index is 12.1. The molecule has 0 aromatic heterocycles. The Labute approximate surface area is 128 Å². The molecule has 0 bridgehead atoms. The van der Waals surface area contributed by atoms with E-state index in [1.165, 1.54) is 7.11 Å². The molecular formula is C11H20ClNO7P+. The van der Waals surface area contributed by atoms with E-state index in [-0.39, 0.29) is 25.6 Å². The Hall–Kier alpha value is -0.500. The number of amides is 1. The Morgan fingerprint density at radius 3 is 2.76 bits per heavy atom. The summed E-state index contributed by atoms with van der Waals surface area (Å²) in [6, 6.07) is -0.318. The molecule has 1 saturated heterocycles. The first-order valence-corrected chi connectivity index (χ1v) is 8.27. The maximum atomic E-state index is 12.1. The Morgan fingerprint density at radius 1 is 1.52 bits per heavy atom. The number of halogens is 1. The first kappa shape index (κ1) is 18.5. The van der Waals surface area contributed by atoms with Gasteiger partial charge in [0, 0.05) is 12.0 Å². The molecule has 1 heterocycles. The van der Waals surface area contributed by atoms with Crippen LogP contribution in [0.2, 0.25) is 0 Å². The topological polar surface area (TPSA) is 103 Å². The van der Waals surface area contributed by atoms with Crippen molar-refractivity contribution in [2.45, 2.75) is 26.4 Å². The average Bonchev–Trinajstić information content (AvgIpc) is 2.42. The number of rotatable bonds is 6. The van der Waals surface area contributed by atoms with Crippen LogP contribution in [0.4, 0.5) is 0 Å². The molecule has 21 heavy (non-hydrogen) atoms. The van der Waals surface area contributed by atoms with Crippen molar-refractivity contribution in [3.63, 3.8) is 0 Å². The van der Waals surface area contributed by atoms with Gasteiger partial charge in [0.05, 0.1) is 13.5 Å².